The number of morpholine rings is 1. The second kappa shape index (κ2) is 10.7. The number of anilines is 2. The standard InChI is InChI=1S/C24H25FN4O3S/c1-16-26-22(17-5-3-2-4-6-17)23(33-16)24(31)27-18-7-8-19(25)20(15-18)28-21(30)9-10-29-11-13-32-14-12-29/h2-8,15H,9-14H2,1H3,(H,27,31)(H,28,30). The maximum Gasteiger partial charge on any atom is 0.268 e. The van der Waals surface area contributed by atoms with E-state index >= 15 is 0 Å². The number of carbonyl (C=O) groups excluding carboxylic acids is 2. The van der Waals surface area contributed by atoms with Gasteiger partial charge in [0.1, 0.15) is 10.7 Å². The molecule has 0 bridgehead atoms. The Morgan fingerprint density at radius 3 is 2.64 bits per heavy atom. The first kappa shape index (κ1) is 23.0. The van der Waals surface area contributed by atoms with Crippen LogP contribution in [-0.2, 0) is 9.53 Å². The summed E-state index contributed by atoms with van der Waals surface area (Å²) < 4.78 is 19.6. The molecular weight excluding hydrogens is 443 g/mol. The van der Waals surface area contributed by atoms with E-state index in [1.54, 1.807) is 0 Å². The Morgan fingerprint density at radius 2 is 1.88 bits per heavy atom. The van der Waals surface area contributed by atoms with Gasteiger partial charge in [0.05, 0.1) is 29.6 Å². The summed E-state index contributed by atoms with van der Waals surface area (Å²) in [5, 5.41) is 6.18. The highest BCUT2D eigenvalue weighted by molar-refractivity contribution is 7.14. The van der Waals surface area contributed by atoms with E-state index in [9.17, 15) is 14.0 Å². The quantitative estimate of drug-likeness (QED) is 0.544. The van der Waals surface area contributed by atoms with Crippen molar-refractivity contribution in [3.63, 3.8) is 0 Å². The van der Waals surface area contributed by atoms with E-state index in [1.165, 1.54) is 29.5 Å². The number of hydrogen-bond donors (Lipinski definition) is 2. The fourth-order valence-corrected chi connectivity index (χ4v) is 4.39. The third-order valence-corrected chi connectivity index (χ3v) is 6.21. The maximum absolute atomic E-state index is 14.3. The van der Waals surface area contributed by atoms with Crippen molar-refractivity contribution in [2.75, 3.05) is 43.5 Å². The van der Waals surface area contributed by atoms with Gasteiger partial charge in [0.2, 0.25) is 5.91 Å². The highest BCUT2D eigenvalue weighted by Gasteiger charge is 2.19. The summed E-state index contributed by atoms with van der Waals surface area (Å²) >= 11 is 1.29. The van der Waals surface area contributed by atoms with Gasteiger partial charge >= 0.3 is 0 Å². The van der Waals surface area contributed by atoms with Crippen LogP contribution < -0.4 is 10.6 Å². The lowest BCUT2D eigenvalue weighted by molar-refractivity contribution is -0.116. The van der Waals surface area contributed by atoms with E-state index in [4.69, 9.17) is 4.74 Å². The zero-order valence-electron chi connectivity index (χ0n) is 18.3. The number of halogens is 1. The molecule has 1 aliphatic rings. The van der Waals surface area contributed by atoms with E-state index in [-0.39, 0.29) is 23.9 Å². The lowest BCUT2D eigenvalue weighted by Crippen LogP contribution is -2.38. The van der Waals surface area contributed by atoms with E-state index < -0.39 is 5.82 Å². The average molecular weight is 469 g/mol. The highest BCUT2D eigenvalue weighted by Crippen LogP contribution is 2.29. The first-order chi connectivity index (χ1) is 16.0. The predicted octanol–water partition coefficient (Wildman–Crippen LogP) is 4.17. The van der Waals surface area contributed by atoms with Gasteiger partial charge in [-0.15, -0.1) is 11.3 Å². The number of thiazole rings is 1. The minimum atomic E-state index is -0.564. The molecule has 2 N–H and O–H groups in total. The topological polar surface area (TPSA) is 83.6 Å². The molecule has 0 aliphatic carbocycles. The number of aromatic nitrogens is 1. The van der Waals surface area contributed by atoms with Crippen LogP contribution in [0.25, 0.3) is 11.3 Å². The van der Waals surface area contributed by atoms with Crippen LogP contribution in [0.2, 0.25) is 0 Å². The molecule has 2 aromatic carbocycles. The van der Waals surface area contributed by atoms with Gasteiger partial charge in [0.15, 0.2) is 0 Å². The highest BCUT2D eigenvalue weighted by atomic mass is 32.1. The Kier molecular flexibility index (Phi) is 7.43. The van der Waals surface area contributed by atoms with E-state index in [1.807, 2.05) is 37.3 Å². The van der Waals surface area contributed by atoms with Gasteiger partial charge in [-0.3, -0.25) is 14.5 Å². The van der Waals surface area contributed by atoms with Gasteiger partial charge in [-0.2, -0.15) is 0 Å². The number of aryl methyl sites for hydroxylation is 1. The number of rotatable bonds is 7. The molecule has 0 unspecified atom stereocenters. The third-order valence-electron chi connectivity index (χ3n) is 5.24. The molecular formula is C24H25FN4O3S. The summed E-state index contributed by atoms with van der Waals surface area (Å²) in [6.07, 6.45) is 0.247. The molecule has 1 saturated heterocycles. The molecule has 0 spiro atoms. The van der Waals surface area contributed by atoms with Crippen LogP contribution in [0, 0.1) is 12.7 Å². The summed E-state index contributed by atoms with van der Waals surface area (Å²) in [5.41, 5.74) is 1.87. The zero-order valence-corrected chi connectivity index (χ0v) is 19.1. The van der Waals surface area contributed by atoms with Crippen molar-refractivity contribution in [2.24, 2.45) is 0 Å². The van der Waals surface area contributed by atoms with Crippen molar-refractivity contribution in [1.29, 1.82) is 0 Å². The molecule has 3 aromatic rings. The van der Waals surface area contributed by atoms with Crippen molar-refractivity contribution in [3.8, 4) is 11.3 Å². The number of ether oxygens (including phenoxy) is 1. The number of amides is 2. The lowest BCUT2D eigenvalue weighted by Gasteiger charge is -2.26. The SMILES string of the molecule is Cc1nc(-c2ccccc2)c(C(=O)Nc2ccc(F)c(NC(=O)CCN3CCOCC3)c2)s1. The maximum atomic E-state index is 14.3. The van der Waals surface area contributed by atoms with Gasteiger partial charge in [-0.05, 0) is 25.1 Å². The molecule has 172 valence electrons. The molecule has 1 fully saturated rings. The summed E-state index contributed by atoms with van der Waals surface area (Å²) in [6, 6.07) is 13.6. The van der Waals surface area contributed by atoms with Crippen molar-refractivity contribution >= 4 is 34.5 Å². The monoisotopic (exact) mass is 468 g/mol. The number of carbonyl (C=O) groups is 2. The molecule has 4 rings (SSSR count). The van der Waals surface area contributed by atoms with Gasteiger partial charge < -0.3 is 15.4 Å². The molecule has 33 heavy (non-hydrogen) atoms. The second-order valence-corrected chi connectivity index (χ2v) is 8.88. The second-order valence-electron chi connectivity index (χ2n) is 7.68. The van der Waals surface area contributed by atoms with Crippen LogP contribution in [0.1, 0.15) is 21.1 Å². The molecule has 1 aliphatic heterocycles. The number of nitrogens with one attached hydrogen (secondary N) is 2. The molecule has 0 saturated carbocycles. The normalized spacial score (nSPS) is 14.1. The minimum absolute atomic E-state index is 0.0311. The molecule has 2 amide bonds. The summed E-state index contributed by atoms with van der Waals surface area (Å²) in [6.45, 7) is 5.31. The molecule has 0 atom stereocenters. The average Bonchev–Trinajstić information content (AvgIpc) is 3.23. The Balaban J connectivity index is 1.43. The van der Waals surface area contributed by atoms with Crippen molar-refractivity contribution in [3.05, 3.63) is 64.2 Å². The van der Waals surface area contributed by atoms with Crippen LogP contribution in [0.5, 0.6) is 0 Å². The van der Waals surface area contributed by atoms with Crippen LogP contribution in [-0.4, -0.2) is 54.5 Å². The fourth-order valence-electron chi connectivity index (χ4n) is 3.56. The summed E-state index contributed by atoms with van der Waals surface area (Å²) in [7, 11) is 0. The van der Waals surface area contributed by atoms with Gasteiger partial charge in [0.25, 0.3) is 5.91 Å². The first-order valence-corrected chi connectivity index (χ1v) is 11.5. The largest absolute Gasteiger partial charge is 0.379 e. The third kappa shape index (κ3) is 6.01. The Labute approximate surface area is 195 Å². The number of hydrogen-bond acceptors (Lipinski definition) is 6. The predicted molar refractivity (Wildman–Crippen MR) is 127 cm³/mol. The molecule has 1 aromatic heterocycles. The molecule has 0 radical (unpaired) electrons. The van der Waals surface area contributed by atoms with Crippen molar-refractivity contribution in [2.45, 2.75) is 13.3 Å². The van der Waals surface area contributed by atoms with Gasteiger partial charge in [-0.1, -0.05) is 30.3 Å². The van der Waals surface area contributed by atoms with Gasteiger partial charge in [0, 0.05) is 37.3 Å². The summed E-state index contributed by atoms with van der Waals surface area (Å²) in [4.78, 5) is 32.4. The molecule has 7 nitrogen and oxygen atoms in total. The van der Waals surface area contributed by atoms with Crippen LogP contribution in [0.15, 0.2) is 48.5 Å². The van der Waals surface area contributed by atoms with E-state index in [0.29, 0.717) is 36.0 Å². The van der Waals surface area contributed by atoms with Crippen LogP contribution >= 0.6 is 11.3 Å². The van der Waals surface area contributed by atoms with Crippen LogP contribution in [0.3, 0.4) is 0 Å². The molecule has 9 heteroatoms. The van der Waals surface area contributed by atoms with Crippen molar-refractivity contribution in [1.82, 2.24) is 9.88 Å². The zero-order chi connectivity index (χ0) is 23.2. The van der Waals surface area contributed by atoms with Crippen molar-refractivity contribution < 1.29 is 18.7 Å². The van der Waals surface area contributed by atoms with Gasteiger partial charge in [-0.25, -0.2) is 9.37 Å². The first-order valence-electron chi connectivity index (χ1n) is 10.7. The summed E-state index contributed by atoms with van der Waals surface area (Å²) in [5.74, 6) is -1.18. The Hall–Kier alpha value is -3.14. The molecule has 2 heterocycles. The van der Waals surface area contributed by atoms with Crippen LogP contribution in [0.4, 0.5) is 15.8 Å². The minimum Gasteiger partial charge on any atom is -0.379 e. The Bertz CT molecular complexity index is 1130. The smallest absolute Gasteiger partial charge is 0.268 e. The lowest BCUT2D eigenvalue weighted by atomic mass is 10.1. The fraction of sp³-hybridized carbons (Fsp3) is 0.292. The van der Waals surface area contributed by atoms with E-state index in [0.717, 1.165) is 23.7 Å². The number of nitrogens with zero attached hydrogens (tertiary/aromatic N) is 2. The van der Waals surface area contributed by atoms with E-state index in [2.05, 4.69) is 20.5 Å². The number of benzene rings is 2. The Morgan fingerprint density at radius 1 is 1.12 bits per heavy atom.